The van der Waals surface area contributed by atoms with Gasteiger partial charge in [0.25, 0.3) is 5.91 Å². The molecule has 3 rings (SSSR count). The van der Waals surface area contributed by atoms with Gasteiger partial charge in [-0.3, -0.25) is 9.79 Å². The van der Waals surface area contributed by atoms with E-state index in [9.17, 15) is 4.79 Å². The summed E-state index contributed by atoms with van der Waals surface area (Å²) in [6.45, 7) is 0.631. The summed E-state index contributed by atoms with van der Waals surface area (Å²) in [4.78, 5) is 21.5. The Kier molecular flexibility index (Phi) is 1.80. The molecule has 0 aromatic heterocycles. The molecule has 0 radical (unpaired) electrons. The second-order valence-electron chi connectivity index (χ2n) is 3.85. The lowest BCUT2D eigenvalue weighted by Crippen LogP contribution is -2.36. The van der Waals surface area contributed by atoms with Crippen LogP contribution in [0.25, 0.3) is 0 Å². The Morgan fingerprint density at radius 1 is 1.50 bits per heavy atom. The molecule has 3 aliphatic heterocycles. The van der Waals surface area contributed by atoms with Crippen LogP contribution in [0, 0.1) is 0 Å². The lowest BCUT2D eigenvalue weighted by atomic mass is 9.99. The number of rotatable bonds is 1. The summed E-state index contributed by atoms with van der Waals surface area (Å²) in [5.74, 6) is 0.304. The van der Waals surface area contributed by atoms with Gasteiger partial charge in [-0.25, -0.2) is 4.99 Å². The van der Waals surface area contributed by atoms with Crippen molar-refractivity contribution in [1.82, 2.24) is 4.90 Å². The van der Waals surface area contributed by atoms with Crippen molar-refractivity contribution in [3.05, 3.63) is 35.3 Å². The molecule has 0 saturated heterocycles. The van der Waals surface area contributed by atoms with Gasteiger partial charge in [0, 0.05) is 37.2 Å². The Balaban J connectivity index is 2.07. The molecule has 0 aromatic rings. The Morgan fingerprint density at radius 3 is 3.19 bits per heavy atom. The van der Waals surface area contributed by atoms with Gasteiger partial charge in [-0.05, 0) is 11.6 Å². The van der Waals surface area contributed by atoms with E-state index in [0.29, 0.717) is 12.2 Å². The molecule has 0 spiro atoms. The van der Waals surface area contributed by atoms with E-state index in [1.165, 1.54) is 0 Å². The zero-order chi connectivity index (χ0) is 11.1. The number of allylic oxidation sites excluding steroid dienone is 1. The summed E-state index contributed by atoms with van der Waals surface area (Å²) in [6, 6.07) is 0. The Morgan fingerprint density at radius 2 is 2.38 bits per heavy atom. The second-order valence-corrected chi connectivity index (χ2v) is 3.85. The highest BCUT2D eigenvalue weighted by atomic mass is 16.1. The molecule has 0 fully saturated rings. The molecule has 2 bridgehead atoms. The van der Waals surface area contributed by atoms with Crippen LogP contribution < -0.4 is 5.73 Å². The average molecular weight is 214 g/mol. The van der Waals surface area contributed by atoms with Crippen LogP contribution >= 0.6 is 0 Å². The molecule has 0 unspecified atom stereocenters. The average Bonchev–Trinajstić information content (AvgIpc) is 2.29. The van der Waals surface area contributed by atoms with E-state index < -0.39 is 5.91 Å². The fourth-order valence-electron chi connectivity index (χ4n) is 1.97. The molecule has 3 aliphatic rings. The minimum Gasteiger partial charge on any atom is -0.364 e. The van der Waals surface area contributed by atoms with E-state index in [1.54, 1.807) is 12.3 Å². The van der Waals surface area contributed by atoms with Crippen LogP contribution in [0.2, 0.25) is 0 Å². The highest BCUT2D eigenvalue weighted by Gasteiger charge is 2.26. The smallest absolute Gasteiger partial charge is 0.267 e. The standard InChI is InChI=1S/C11H10N4O/c12-10(16)9-1-2-15-6-7-3-8(5-13-4-7)11(15)14-9/h1,4-6H,2-3H2,(H2,12,16). The number of hydrogen-bond donors (Lipinski definition) is 1. The Labute approximate surface area is 92.4 Å². The lowest BCUT2D eigenvalue weighted by Gasteiger charge is -2.31. The van der Waals surface area contributed by atoms with Crippen molar-refractivity contribution in [2.24, 2.45) is 15.7 Å². The van der Waals surface area contributed by atoms with Crippen molar-refractivity contribution in [2.75, 3.05) is 6.54 Å². The topological polar surface area (TPSA) is 71.1 Å². The number of amidine groups is 1. The number of carbonyl (C=O) groups is 1. The van der Waals surface area contributed by atoms with Crippen LogP contribution in [0.1, 0.15) is 6.42 Å². The van der Waals surface area contributed by atoms with Gasteiger partial charge >= 0.3 is 0 Å². The molecule has 5 nitrogen and oxygen atoms in total. The van der Waals surface area contributed by atoms with Crippen LogP contribution in [0.3, 0.4) is 0 Å². The Hall–Kier alpha value is -2.17. The van der Waals surface area contributed by atoms with Gasteiger partial charge in [-0.15, -0.1) is 0 Å². The van der Waals surface area contributed by atoms with E-state index in [-0.39, 0.29) is 0 Å². The van der Waals surface area contributed by atoms with Gasteiger partial charge < -0.3 is 10.6 Å². The number of nitrogens with two attached hydrogens (primary N) is 1. The molecule has 0 aliphatic carbocycles. The molecule has 0 atom stereocenters. The third-order valence-corrected chi connectivity index (χ3v) is 2.71. The van der Waals surface area contributed by atoms with Gasteiger partial charge in [0.15, 0.2) is 0 Å². The SMILES string of the molecule is NC(=O)C1=CCN2C=C3C=NC=C(C3)C2=N1. The van der Waals surface area contributed by atoms with Crippen LogP contribution in [0.4, 0.5) is 0 Å². The quantitative estimate of drug-likeness (QED) is 0.683. The predicted molar refractivity (Wildman–Crippen MR) is 60.7 cm³/mol. The third kappa shape index (κ3) is 1.29. The minimum absolute atomic E-state index is 0.332. The lowest BCUT2D eigenvalue weighted by molar-refractivity contribution is -0.114. The number of carbonyl (C=O) groups excluding carboxylic acids is 1. The molecule has 5 heteroatoms. The molecule has 0 aromatic carbocycles. The predicted octanol–water partition coefficient (Wildman–Crippen LogP) is 0.326. The monoisotopic (exact) mass is 214 g/mol. The molecule has 80 valence electrons. The molecule has 2 N–H and O–H groups in total. The summed E-state index contributed by atoms with van der Waals surface area (Å²) in [6.07, 6.45) is 8.19. The number of primary amides is 1. The first kappa shape index (κ1) is 9.08. The van der Waals surface area contributed by atoms with Crippen LogP contribution in [0.5, 0.6) is 0 Å². The van der Waals surface area contributed by atoms with Crippen molar-refractivity contribution in [2.45, 2.75) is 6.42 Å². The van der Waals surface area contributed by atoms with Gasteiger partial charge in [0.05, 0.1) is 0 Å². The van der Waals surface area contributed by atoms with Crippen LogP contribution in [-0.4, -0.2) is 29.4 Å². The number of amides is 1. The summed E-state index contributed by atoms with van der Waals surface area (Å²) < 4.78 is 0. The summed E-state index contributed by atoms with van der Waals surface area (Å²) in [7, 11) is 0. The fourth-order valence-corrected chi connectivity index (χ4v) is 1.97. The molecular weight excluding hydrogens is 204 g/mol. The maximum absolute atomic E-state index is 11.1. The van der Waals surface area contributed by atoms with Crippen molar-refractivity contribution in [3.8, 4) is 0 Å². The van der Waals surface area contributed by atoms with Crippen molar-refractivity contribution >= 4 is 18.0 Å². The minimum atomic E-state index is -0.484. The second kappa shape index (κ2) is 3.16. The first-order valence-corrected chi connectivity index (χ1v) is 5.02. The highest BCUT2D eigenvalue weighted by Crippen LogP contribution is 2.26. The molecule has 1 amide bonds. The first-order valence-electron chi connectivity index (χ1n) is 5.02. The van der Waals surface area contributed by atoms with Crippen molar-refractivity contribution in [1.29, 1.82) is 0 Å². The highest BCUT2D eigenvalue weighted by molar-refractivity contribution is 6.07. The van der Waals surface area contributed by atoms with Crippen molar-refractivity contribution in [3.63, 3.8) is 0 Å². The summed E-state index contributed by atoms with van der Waals surface area (Å²) >= 11 is 0. The summed E-state index contributed by atoms with van der Waals surface area (Å²) in [5.41, 5.74) is 7.75. The molecule has 0 saturated carbocycles. The van der Waals surface area contributed by atoms with Crippen LogP contribution in [0.15, 0.2) is 45.3 Å². The van der Waals surface area contributed by atoms with E-state index >= 15 is 0 Å². The molecular formula is C11H10N4O. The zero-order valence-electron chi connectivity index (χ0n) is 8.55. The molecule has 3 heterocycles. The van der Waals surface area contributed by atoms with E-state index in [1.807, 2.05) is 17.3 Å². The zero-order valence-corrected chi connectivity index (χ0v) is 8.55. The van der Waals surface area contributed by atoms with E-state index in [4.69, 9.17) is 5.73 Å². The van der Waals surface area contributed by atoms with E-state index in [0.717, 1.165) is 23.4 Å². The number of hydrogen-bond acceptors (Lipinski definition) is 4. The van der Waals surface area contributed by atoms with E-state index in [2.05, 4.69) is 9.98 Å². The maximum atomic E-state index is 11.1. The number of fused-ring (bicyclic) bond motifs is 4. The Bertz CT molecular complexity index is 522. The van der Waals surface area contributed by atoms with Crippen molar-refractivity contribution < 1.29 is 4.79 Å². The fraction of sp³-hybridized carbons (Fsp3) is 0.182. The van der Waals surface area contributed by atoms with Gasteiger partial charge in [-0.1, -0.05) is 0 Å². The molecule has 16 heavy (non-hydrogen) atoms. The third-order valence-electron chi connectivity index (χ3n) is 2.71. The number of aliphatic imine (C=N–C) groups is 2. The number of nitrogens with zero attached hydrogens (tertiary/aromatic N) is 3. The maximum Gasteiger partial charge on any atom is 0.267 e. The normalized spacial score (nSPS) is 21.6. The van der Waals surface area contributed by atoms with Gasteiger partial charge in [0.2, 0.25) is 0 Å². The van der Waals surface area contributed by atoms with Crippen LogP contribution in [-0.2, 0) is 4.79 Å². The first-order chi connectivity index (χ1) is 7.74. The van der Waals surface area contributed by atoms with Gasteiger partial charge in [0.1, 0.15) is 11.5 Å². The summed E-state index contributed by atoms with van der Waals surface area (Å²) in [5, 5.41) is 0. The van der Waals surface area contributed by atoms with Gasteiger partial charge in [-0.2, -0.15) is 0 Å². The largest absolute Gasteiger partial charge is 0.364 e.